The van der Waals surface area contributed by atoms with Crippen LogP contribution in [0.15, 0.2) is 30.6 Å². The molecule has 1 aromatic carbocycles. The minimum Gasteiger partial charge on any atom is -0.236 e. The van der Waals surface area contributed by atoms with Gasteiger partial charge in [0.05, 0.1) is 0 Å². The molecule has 0 spiro atoms. The van der Waals surface area contributed by atoms with Crippen molar-refractivity contribution >= 4 is 0 Å². The van der Waals surface area contributed by atoms with E-state index in [9.17, 15) is 4.39 Å². The summed E-state index contributed by atoms with van der Waals surface area (Å²) in [6.45, 7) is 4.39. The summed E-state index contributed by atoms with van der Waals surface area (Å²) >= 11 is 0. The highest BCUT2D eigenvalue weighted by molar-refractivity contribution is 5.55. The maximum Gasteiger partial charge on any atom is 0.159 e. The lowest BCUT2D eigenvalue weighted by Crippen LogP contribution is -1.96. The summed E-state index contributed by atoms with van der Waals surface area (Å²) in [6, 6.07) is 5.39. The zero-order chi connectivity index (χ0) is 17.9. The Kier molecular flexibility index (Phi) is 8.58. The number of aryl methyl sites for hydroxylation is 2. The molecule has 0 aliphatic rings. The van der Waals surface area contributed by atoms with Gasteiger partial charge < -0.3 is 0 Å². The van der Waals surface area contributed by atoms with Gasteiger partial charge in [0, 0.05) is 18.0 Å². The van der Waals surface area contributed by atoms with Crippen LogP contribution in [0, 0.1) is 5.82 Å². The van der Waals surface area contributed by atoms with Crippen molar-refractivity contribution in [2.24, 2.45) is 0 Å². The van der Waals surface area contributed by atoms with Crippen LogP contribution in [0.25, 0.3) is 11.4 Å². The molecule has 136 valence electrons. The van der Waals surface area contributed by atoms with Crippen molar-refractivity contribution in [2.75, 3.05) is 0 Å². The van der Waals surface area contributed by atoms with Crippen LogP contribution in [0.4, 0.5) is 4.39 Å². The first-order valence-corrected chi connectivity index (χ1v) is 9.84. The Balaban J connectivity index is 1.91. The van der Waals surface area contributed by atoms with E-state index in [0.717, 1.165) is 48.8 Å². The largest absolute Gasteiger partial charge is 0.236 e. The minimum absolute atomic E-state index is 0.141. The van der Waals surface area contributed by atoms with E-state index in [-0.39, 0.29) is 5.82 Å². The molecular formula is C22H31FN2. The van der Waals surface area contributed by atoms with E-state index in [1.807, 2.05) is 24.5 Å². The van der Waals surface area contributed by atoms with Gasteiger partial charge in [0.2, 0.25) is 0 Å². The van der Waals surface area contributed by atoms with Gasteiger partial charge in [-0.2, -0.15) is 0 Å². The van der Waals surface area contributed by atoms with Crippen LogP contribution in [-0.4, -0.2) is 9.97 Å². The Bertz CT molecular complexity index is 622. The van der Waals surface area contributed by atoms with Gasteiger partial charge in [0.1, 0.15) is 5.82 Å². The van der Waals surface area contributed by atoms with Crippen LogP contribution in [-0.2, 0) is 12.8 Å². The lowest BCUT2D eigenvalue weighted by Gasteiger charge is -2.06. The summed E-state index contributed by atoms with van der Waals surface area (Å²) in [7, 11) is 0. The smallest absolute Gasteiger partial charge is 0.159 e. The summed E-state index contributed by atoms with van der Waals surface area (Å²) in [5.41, 5.74) is 2.71. The number of hydrogen-bond donors (Lipinski definition) is 0. The second-order valence-corrected chi connectivity index (χ2v) is 6.84. The number of rotatable bonds is 11. The zero-order valence-electron chi connectivity index (χ0n) is 15.7. The van der Waals surface area contributed by atoms with E-state index >= 15 is 0 Å². The predicted molar refractivity (Wildman–Crippen MR) is 103 cm³/mol. The number of hydrogen-bond acceptors (Lipinski definition) is 2. The van der Waals surface area contributed by atoms with E-state index < -0.39 is 0 Å². The van der Waals surface area contributed by atoms with Crippen molar-refractivity contribution in [3.05, 3.63) is 47.5 Å². The highest BCUT2D eigenvalue weighted by Gasteiger charge is 2.07. The fourth-order valence-electron chi connectivity index (χ4n) is 3.02. The number of halogens is 1. The molecule has 1 heterocycles. The first-order valence-electron chi connectivity index (χ1n) is 9.84. The summed E-state index contributed by atoms with van der Waals surface area (Å²) in [6.07, 6.45) is 15.3. The summed E-state index contributed by atoms with van der Waals surface area (Å²) < 4.78 is 14.3. The molecular weight excluding hydrogens is 311 g/mol. The van der Waals surface area contributed by atoms with Gasteiger partial charge in [-0.15, -0.1) is 0 Å². The Morgan fingerprint density at radius 2 is 1.44 bits per heavy atom. The highest BCUT2D eigenvalue weighted by atomic mass is 19.1. The van der Waals surface area contributed by atoms with Gasteiger partial charge in [0.15, 0.2) is 5.82 Å². The summed E-state index contributed by atoms with van der Waals surface area (Å²) in [4.78, 5) is 8.86. The van der Waals surface area contributed by atoms with Crippen molar-refractivity contribution in [1.82, 2.24) is 9.97 Å². The number of unbranched alkanes of at least 4 members (excludes halogenated alkanes) is 6. The third-order valence-electron chi connectivity index (χ3n) is 4.64. The van der Waals surface area contributed by atoms with Gasteiger partial charge in [-0.1, -0.05) is 64.5 Å². The molecule has 0 aliphatic carbocycles. The lowest BCUT2D eigenvalue weighted by atomic mass is 10.0. The molecule has 0 N–H and O–H groups in total. The van der Waals surface area contributed by atoms with Gasteiger partial charge in [-0.05, 0) is 42.9 Å². The summed E-state index contributed by atoms with van der Waals surface area (Å²) in [5, 5.41) is 0. The molecule has 3 heteroatoms. The van der Waals surface area contributed by atoms with Crippen LogP contribution in [0.1, 0.15) is 76.3 Å². The topological polar surface area (TPSA) is 25.8 Å². The van der Waals surface area contributed by atoms with Crippen molar-refractivity contribution in [3.8, 4) is 11.4 Å². The molecule has 0 atom stereocenters. The molecule has 0 fully saturated rings. The van der Waals surface area contributed by atoms with E-state index in [4.69, 9.17) is 0 Å². The van der Waals surface area contributed by atoms with E-state index in [1.165, 1.54) is 32.1 Å². The average Bonchev–Trinajstić information content (AvgIpc) is 2.63. The van der Waals surface area contributed by atoms with E-state index in [0.29, 0.717) is 5.82 Å². The Morgan fingerprint density at radius 3 is 2.12 bits per heavy atom. The maximum atomic E-state index is 14.3. The molecule has 0 saturated carbocycles. The molecule has 2 nitrogen and oxygen atoms in total. The second kappa shape index (κ2) is 11.0. The number of benzene rings is 1. The highest BCUT2D eigenvalue weighted by Crippen LogP contribution is 2.20. The first kappa shape index (κ1) is 19.6. The first-order chi connectivity index (χ1) is 12.2. The molecule has 0 aliphatic heterocycles. The van der Waals surface area contributed by atoms with Gasteiger partial charge in [-0.3, -0.25) is 0 Å². The minimum atomic E-state index is -0.141. The van der Waals surface area contributed by atoms with Crippen LogP contribution < -0.4 is 0 Å². The normalized spacial score (nSPS) is 11.0. The van der Waals surface area contributed by atoms with Crippen LogP contribution >= 0.6 is 0 Å². The molecule has 2 rings (SSSR count). The fraction of sp³-hybridized carbons (Fsp3) is 0.545. The molecule has 0 unspecified atom stereocenters. The monoisotopic (exact) mass is 342 g/mol. The van der Waals surface area contributed by atoms with E-state index in [2.05, 4.69) is 23.8 Å². The Hall–Kier alpha value is -1.77. The quantitative estimate of drug-likeness (QED) is 0.434. The molecule has 0 radical (unpaired) electrons. The summed E-state index contributed by atoms with van der Waals surface area (Å²) in [5.74, 6) is 0.464. The average molecular weight is 343 g/mol. The van der Waals surface area contributed by atoms with Gasteiger partial charge >= 0.3 is 0 Å². The Labute approximate surface area is 151 Å². The van der Waals surface area contributed by atoms with Gasteiger partial charge in [0.25, 0.3) is 0 Å². The van der Waals surface area contributed by atoms with Crippen molar-refractivity contribution < 1.29 is 4.39 Å². The Morgan fingerprint density at radius 1 is 0.800 bits per heavy atom. The number of nitrogens with zero attached hydrogens (tertiary/aromatic N) is 2. The SMILES string of the molecule is CCCCCCCc1cnc(-c2ccc(CCCCC)c(F)c2)nc1. The van der Waals surface area contributed by atoms with Gasteiger partial charge in [-0.25, -0.2) is 14.4 Å². The maximum absolute atomic E-state index is 14.3. The third kappa shape index (κ3) is 6.56. The number of aromatic nitrogens is 2. The van der Waals surface area contributed by atoms with Crippen LogP contribution in [0.2, 0.25) is 0 Å². The standard InChI is InChI=1S/C22H31FN2/c1-3-5-7-8-10-11-18-16-24-22(25-17-18)20-14-13-19(21(23)15-20)12-9-6-4-2/h13-17H,3-12H2,1-2H3. The molecule has 0 amide bonds. The van der Waals surface area contributed by atoms with Crippen LogP contribution in [0.3, 0.4) is 0 Å². The predicted octanol–water partition coefficient (Wildman–Crippen LogP) is 6.53. The van der Waals surface area contributed by atoms with Crippen molar-refractivity contribution in [3.63, 3.8) is 0 Å². The lowest BCUT2D eigenvalue weighted by molar-refractivity contribution is 0.599. The van der Waals surface area contributed by atoms with Crippen LogP contribution in [0.5, 0.6) is 0 Å². The molecule has 0 bridgehead atoms. The molecule has 1 aromatic heterocycles. The fourth-order valence-corrected chi connectivity index (χ4v) is 3.02. The second-order valence-electron chi connectivity index (χ2n) is 6.84. The zero-order valence-corrected chi connectivity index (χ0v) is 15.7. The van der Waals surface area contributed by atoms with Crippen molar-refractivity contribution in [1.29, 1.82) is 0 Å². The third-order valence-corrected chi connectivity index (χ3v) is 4.64. The molecule has 25 heavy (non-hydrogen) atoms. The molecule has 2 aromatic rings. The molecule has 0 saturated heterocycles. The van der Waals surface area contributed by atoms with Crippen molar-refractivity contribution in [2.45, 2.75) is 78.1 Å². The van der Waals surface area contributed by atoms with E-state index in [1.54, 1.807) is 6.07 Å².